The normalized spacial score (nSPS) is 18.2. The molecule has 42 heavy (non-hydrogen) atoms. The Bertz CT molecular complexity index is 1390. The van der Waals surface area contributed by atoms with Crippen molar-refractivity contribution in [2.45, 2.75) is 83.6 Å². The van der Waals surface area contributed by atoms with Crippen LogP contribution in [0.3, 0.4) is 0 Å². The van der Waals surface area contributed by atoms with E-state index in [9.17, 15) is 13.2 Å². The monoisotopic (exact) mass is 597 g/mol. The second-order valence-electron chi connectivity index (χ2n) is 10.7. The van der Waals surface area contributed by atoms with Crippen molar-refractivity contribution in [2.24, 2.45) is 0 Å². The van der Waals surface area contributed by atoms with Crippen LogP contribution in [-0.4, -0.2) is 24.7 Å². The van der Waals surface area contributed by atoms with E-state index in [4.69, 9.17) is 14.2 Å². The average Bonchev–Trinajstić information content (AvgIpc) is 3.65. The van der Waals surface area contributed by atoms with Gasteiger partial charge in [0.2, 0.25) is 0 Å². The highest BCUT2D eigenvalue weighted by Crippen LogP contribution is 2.45. The molecule has 0 radical (unpaired) electrons. The molecule has 8 heteroatoms. The average molecular weight is 598 g/mol. The van der Waals surface area contributed by atoms with Crippen molar-refractivity contribution in [1.29, 1.82) is 0 Å². The molecule has 2 fully saturated rings. The summed E-state index contributed by atoms with van der Waals surface area (Å²) in [6, 6.07) is 20.4. The second kappa shape index (κ2) is 12.4. The topological polar surface area (TPSA) is 36.9 Å². The molecule has 222 valence electrons. The lowest BCUT2D eigenvalue weighted by Crippen LogP contribution is -2.30. The van der Waals surface area contributed by atoms with E-state index in [0.29, 0.717) is 24.3 Å². The highest BCUT2D eigenvalue weighted by Gasteiger charge is 2.39. The Morgan fingerprint density at radius 3 is 1.60 bits per heavy atom. The standard InChI is InChI=1S/C34H36F3O4S/c1-4-32(19-9-10-20-32)39-30-23-26(15-17-28(30)38-3)42(25-13-7-6-8-14-25)27-16-18-29(41-34(35,36)37)31(24-27)40-33(5-2)21-11-12-22-33/h4-8,13-18,23-24H,1-2,9-12,19-22H2,3H3/q+1. The van der Waals surface area contributed by atoms with Gasteiger partial charge in [0.15, 0.2) is 37.7 Å². The molecule has 4 nitrogen and oxygen atoms in total. The van der Waals surface area contributed by atoms with Crippen LogP contribution in [0.1, 0.15) is 51.4 Å². The van der Waals surface area contributed by atoms with Crippen molar-refractivity contribution in [3.05, 3.63) is 92.0 Å². The van der Waals surface area contributed by atoms with Crippen molar-refractivity contribution in [2.75, 3.05) is 7.11 Å². The summed E-state index contributed by atoms with van der Waals surface area (Å²) in [4.78, 5) is 2.69. The van der Waals surface area contributed by atoms with Crippen LogP contribution < -0.4 is 18.9 Å². The van der Waals surface area contributed by atoms with Crippen LogP contribution in [0.4, 0.5) is 13.2 Å². The van der Waals surface area contributed by atoms with Gasteiger partial charge in [0.25, 0.3) is 0 Å². The molecule has 0 N–H and O–H groups in total. The third-order valence-electron chi connectivity index (χ3n) is 8.00. The van der Waals surface area contributed by atoms with Crippen LogP contribution in [0.15, 0.2) is 107 Å². The van der Waals surface area contributed by atoms with E-state index < -0.39 is 28.5 Å². The summed E-state index contributed by atoms with van der Waals surface area (Å²) in [5, 5.41) is 0. The number of benzene rings is 3. The molecule has 0 aliphatic heterocycles. The summed E-state index contributed by atoms with van der Waals surface area (Å²) in [5.74, 6) is 0.886. The molecule has 5 rings (SSSR count). The largest absolute Gasteiger partial charge is 0.573 e. The maximum absolute atomic E-state index is 13.4. The Hall–Kier alpha value is -3.52. The van der Waals surface area contributed by atoms with Gasteiger partial charge >= 0.3 is 6.36 Å². The minimum atomic E-state index is -4.86. The van der Waals surface area contributed by atoms with E-state index in [1.54, 1.807) is 25.3 Å². The quantitative estimate of drug-likeness (QED) is 0.163. The number of hydrogen-bond donors (Lipinski definition) is 0. The lowest BCUT2D eigenvalue weighted by molar-refractivity contribution is -0.275. The lowest BCUT2D eigenvalue weighted by Gasteiger charge is -2.28. The van der Waals surface area contributed by atoms with Crippen LogP contribution in [0.25, 0.3) is 0 Å². The van der Waals surface area contributed by atoms with E-state index in [1.165, 1.54) is 6.07 Å². The van der Waals surface area contributed by atoms with Crippen LogP contribution in [0.5, 0.6) is 23.0 Å². The Balaban J connectivity index is 1.61. The number of rotatable bonds is 11. The molecular weight excluding hydrogens is 561 g/mol. The third-order valence-corrected chi connectivity index (χ3v) is 10.2. The van der Waals surface area contributed by atoms with Gasteiger partial charge in [-0.05, 0) is 99.9 Å². The fourth-order valence-electron chi connectivity index (χ4n) is 5.81. The maximum atomic E-state index is 13.4. The SMILES string of the molecule is C=CC1(Oc2cc([S+](c3ccccc3)c3ccc(OC(F)(F)F)c(OC4(C=C)CCCC4)c3)ccc2OC)CCCC1. The molecule has 2 saturated carbocycles. The van der Waals surface area contributed by atoms with E-state index >= 15 is 0 Å². The Morgan fingerprint density at radius 2 is 1.14 bits per heavy atom. The van der Waals surface area contributed by atoms with Crippen molar-refractivity contribution in [3.8, 4) is 23.0 Å². The first-order chi connectivity index (χ1) is 20.2. The highest BCUT2D eigenvalue weighted by molar-refractivity contribution is 7.97. The number of halogens is 3. The lowest BCUT2D eigenvalue weighted by atomic mass is 10.0. The predicted octanol–water partition coefficient (Wildman–Crippen LogP) is 9.44. The van der Waals surface area contributed by atoms with Gasteiger partial charge in [-0.1, -0.05) is 31.4 Å². The van der Waals surface area contributed by atoms with E-state index in [2.05, 4.69) is 17.9 Å². The molecule has 3 aromatic rings. The molecule has 0 heterocycles. The molecule has 1 atom stereocenters. The molecule has 2 aliphatic rings. The van der Waals surface area contributed by atoms with Gasteiger partial charge in [-0.25, -0.2) is 0 Å². The van der Waals surface area contributed by atoms with Crippen molar-refractivity contribution in [1.82, 2.24) is 0 Å². The first-order valence-corrected chi connectivity index (χ1v) is 15.4. The Kier molecular flexibility index (Phi) is 8.83. The van der Waals surface area contributed by atoms with Gasteiger partial charge in [-0.2, -0.15) is 0 Å². The molecule has 0 bridgehead atoms. The fraction of sp³-hybridized carbons (Fsp3) is 0.353. The molecule has 0 spiro atoms. The minimum absolute atomic E-state index is 0.0432. The van der Waals surface area contributed by atoms with Gasteiger partial charge in [-0.3, -0.25) is 0 Å². The zero-order chi connectivity index (χ0) is 29.8. The summed E-state index contributed by atoms with van der Waals surface area (Å²) in [7, 11) is 0.889. The zero-order valence-electron chi connectivity index (χ0n) is 23.8. The highest BCUT2D eigenvalue weighted by atomic mass is 32.2. The van der Waals surface area contributed by atoms with Gasteiger partial charge in [0, 0.05) is 12.1 Å². The van der Waals surface area contributed by atoms with Gasteiger partial charge < -0.3 is 18.9 Å². The van der Waals surface area contributed by atoms with Crippen molar-refractivity contribution in [3.63, 3.8) is 0 Å². The van der Waals surface area contributed by atoms with Crippen molar-refractivity contribution >= 4 is 10.9 Å². The molecule has 3 aromatic carbocycles. The molecule has 0 saturated heterocycles. The molecule has 0 aromatic heterocycles. The van der Waals surface area contributed by atoms with Gasteiger partial charge in [-0.15, -0.1) is 13.2 Å². The first kappa shape index (κ1) is 30.0. The number of alkyl halides is 3. The van der Waals surface area contributed by atoms with Gasteiger partial charge in [0.1, 0.15) is 11.2 Å². The second-order valence-corrected chi connectivity index (χ2v) is 12.8. The Labute approximate surface area is 248 Å². The van der Waals surface area contributed by atoms with Crippen molar-refractivity contribution < 1.29 is 32.1 Å². The van der Waals surface area contributed by atoms with Crippen LogP contribution in [0.2, 0.25) is 0 Å². The molecule has 0 amide bonds. The fourth-order valence-corrected chi connectivity index (χ4v) is 7.92. The molecule has 2 aliphatic carbocycles. The molecular formula is C34H36F3O4S+. The van der Waals surface area contributed by atoms with E-state index in [0.717, 1.165) is 53.2 Å². The van der Waals surface area contributed by atoms with E-state index in [-0.39, 0.29) is 11.5 Å². The van der Waals surface area contributed by atoms with Gasteiger partial charge in [0.05, 0.1) is 18.0 Å². The van der Waals surface area contributed by atoms with Crippen LogP contribution >= 0.6 is 0 Å². The summed E-state index contributed by atoms with van der Waals surface area (Å²) in [5.41, 5.74) is -1.20. The summed E-state index contributed by atoms with van der Waals surface area (Å²) < 4.78 is 63.3. The maximum Gasteiger partial charge on any atom is 0.573 e. The summed E-state index contributed by atoms with van der Waals surface area (Å²) >= 11 is 0. The first-order valence-electron chi connectivity index (χ1n) is 14.2. The smallest absolute Gasteiger partial charge is 0.493 e. The van der Waals surface area contributed by atoms with Crippen LogP contribution in [0, 0.1) is 0 Å². The number of methoxy groups -OCH3 is 1. The molecule has 1 unspecified atom stereocenters. The zero-order valence-corrected chi connectivity index (χ0v) is 24.6. The predicted molar refractivity (Wildman–Crippen MR) is 159 cm³/mol. The third kappa shape index (κ3) is 6.59. The number of ether oxygens (including phenoxy) is 4. The summed E-state index contributed by atoms with van der Waals surface area (Å²) in [6.07, 6.45) is 5.78. The summed E-state index contributed by atoms with van der Waals surface area (Å²) in [6.45, 7) is 7.97. The minimum Gasteiger partial charge on any atom is -0.493 e. The van der Waals surface area contributed by atoms with E-state index in [1.807, 2.05) is 54.6 Å². The number of hydrogen-bond acceptors (Lipinski definition) is 4. The van der Waals surface area contributed by atoms with Crippen LogP contribution in [-0.2, 0) is 10.9 Å². The Morgan fingerprint density at radius 1 is 0.667 bits per heavy atom.